The molecule has 0 saturated heterocycles. The molecule has 0 heterocycles. The Morgan fingerprint density at radius 1 is 1.19 bits per heavy atom. The lowest BCUT2D eigenvalue weighted by molar-refractivity contribution is -0.121. The number of amides is 2. The molecule has 0 saturated carbocycles. The fourth-order valence-electron chi connectivity index (χ4n) is 1.64. The van der Waals surface area contributed by atoms with Crippen LogP contribution in [0.3, 0.4) is 0 Å². The molecular formula is C14H21N3O4. The lowest BCUT2D eigenvalue weighted by atomic mass is 10.1. The largest absolute Gasteiger partial charge is 0.497 e. The SMILES string of the molecule is COCCNC(=O)CCNC(=O)c1ccc(OC)cc1N. The van der Waals surface area contributed by atoms with Gasteiger partial charge in [0.25, 0.3) is 5.91 Å². The van der Waals surface area contributed by atoms with E-state index in [9.17, 15) is 9.59 Å². The Labute approximate surface area is 123 Å². The number of ether oxygens (including phenoxy) is 2. The zero-order chi connectivity index (χ0) is 15.7. The van der Waals surface area contributed by atoms with Gasteiger partial charge in [-0.1, -0.05) is 0 Å². The van der Waals surface area contributed by atoms with Crippen LogP contribution in [0.25, 0.3) is 0 Å². The molecule has 0 radical (unpaired) electrons. The van der Waals surface area contributed by atoms with Gasteiger partial charge >= 0.3 is 0 Å². The van der Waals surface area contributed by atoms with Gasteiger partial charge in [-0.05, 0) is 12.1 Å². The van der Waals surface area contributed by atoms with Gasteiger partial charge in [0.05, 0.1) is 19.3 Å². The maximum atomic E-state index is 11.9. The average Bonchev–Trinajstić information content (AvgIpc) is 2.47. The number of anilines is 1. The third-order valence-electron chi connectivity index (χ3n) is 2.77. The molecule has 21 heavy (non-hydrogen) atoms. The van der Waals surface area contributed by atoms with Crippen LogP contribution >= 0.6 is 0 Å². The number of benzene rings is 1. The Hall–Kier alpha value is -2.28. The average molecular weight is 295 g/mol. The van der Waals surface area contributed by atoms with Gasteiger partial charge in [0.1, 0.15) is 5.75 Å². The molecule has 116 valence electrons. The van der Waals surface area contributed by atoms with Crippen LogP contribution in [0.4, 0.5) is 5.69 Å². The highest BCUT2D eigenvalue weighted by atomic mass is 16.5. The van der Waals surface area contributed by atoms with E-state index in [2.05, 4.69) is 10.6 Å². The number of carbonyl (C=O) groups is 2. The smallest absolute Gasteiger partial charge is 0.253 e. The van der Waals surface area contributed by atoms with Crippen molar-refractivity contribution >= 4 is 17.5 Å². The van der Waals surface area contributed by atoms with E-state index in [-0.39, 0.29) is 24.8 Å². The van der Waals surface area contributed by atoms with Gasteiger partial charge in [-0.2, -0.15) is 0 Å². The Bertz CT molecular complexity index is 491. The molecule has 1 aromatic rings. The molecule has 1 rings (SSSR count). The number of nitrogens with one attached hydrogen (secondary N) is 2. The minimum Gasteiger partial charge on any atom is -0.497 e. The highest BCUT2D eigenvalue weighted by molar-refractivity contribution is 5.99. The molecule has 0 aliphatic carbocycles. The molecule has 0 bridgehead atoms. The Kier molecular flexibility index (Phi) is 7.03. The zero-order valence-electron chi connectivity index (χ0n) is 12.3. The first kappa shape index (κ1) is 16.8. The first-order valence-corrected chi connectivity index (χ1v) is 6.55. The van der Waals surface area contributed by atoms with Crippen LogP contribution < -0.4 is 21.1 Å². The summed E-state index contributed by atoms with van der Waals surface area (Å²) in [5, 5.41) is 5.31. The van der Waals surface area contributed by atoms with Crippen molar-refractivity contribution in [2.24, 2.45) is 0 Å². The van der Waals surface area contributed by atoms with Crippen molar-refractivity contribution in [3.05, 3.63) is 23.8 Å². The second-order valence-corrected chi connectivity index (χ2v) is 4.30. The van der Waals surface area contributed by atoms with Gasteiger partial charge in [0.2, 0.25) is 5.91 Å². The molecule has 0 aliphatic rings. The topological polar surface area (TPSA) is 103 Å². The van der Waals surface area contributed by atoms with Gasteiger partial charge in [-0.15, -0.1) is 0 Å². The van der Waals surface area contributed by atoms with Crippen molar-refractivity contribution in [3.63, 3.8) is 0 Å². The molecule has 0 fully saturated rings. The summed E-state index contributed by atoms with van der Waals surface area (Å²) in [7, 11) is 3.09. The van der Waals surface area contributed by atoms with Crippen molar-refractivity contribution in [2.45, 2.75) is 6.42 Å². The number of hydrogen-bond acceptors (Lipinski definition) is 5. The van der Waals surface area contributed by atoms with Gasteiger partial charge in [-0.25, -0.2) is 0 Å². The molecular weight excluding hydrogens is 274 g/mol. The lowest BCUT2D eigenvalue weighted by Crippen LogP contribution is -2.32. The molecule has 0 spiro atoms. The fourth-order valence-corrected chi connectivity index (χ4v) is 1.64. The third-order valence-corrected chi connectivity index (χ3v) is 2.77. The van der Waals surface area contributed by atoms with Crippen LogP contribution in [-0.2, 0) is 9.53 Å². The van der Waals surface area contributed by atoms with Crippen LogP contribution in [-0.4, -0.2) is 45.7 Å². The highest BCUT2D eigenvalue weighted by Crippen LogP contribution is 2.19. The monoisotopic (exact) mass is 295 g/mol. The van der Waals surface area contributed by atoms with E-state index in [4.69, 9.17) is 15.2 Å². The molecule has 0 aliphatic heterocycles. The van der Waals surface area contributed by atoms with E-state index in [1.165, 1.54) is 7.11 Å². The predicted octanol–water partition coefficient (Wildman–Crippen LogP) is 0.160. The molecule has 1 aromatic carbocycles. The number of methoxy groups -OCH3 is 2. The normalized spacial score (nSPS) is 10.0. The van der Waals surface area contributed by atoms with Crippen molar-refractivity contribution in [1.29, 1.82) is 0 Å². The molecule has 7 heteroatoms. The first-order valence-electron chi connectivity index (χ1n) is 6.55. The summed E-state index contributed by atoms with van der Waals surface area (Å²) < 4.78 is 9.83. The number of nitrogens with two attached hydrogens (primary N) is 1. The van der Waals surface area contributed by atoms with E-state index in [1.807, 2.05) is 0 Å². The maximum absolute atomic E-state index is 11.9. The minimum atomic E-state index is -0.320. The second kappa shape index (κ2) is 8.80. The summed E-state index contributed by atoms with van der Waals surface area (Å²) >= 11 is 0. The summed E-state index contributed by atoms with van der Waals surface area (Å²) in [5.74, 6) is 0.122. The highest BCUT2D eigenvalue weighted by Gasteiger charge is 2.10. The van der Waals surface area contributed by atoms with Crippen molar-refractivity contribution in [3.8, 4) is 5.75 Å². The van der Waals surface area contributed by atoms with Crippen LogP contribution in [0.2, 0.25) is 0 Å². The molecule has 0 aromatic heterocycles. The van der Waals surface area contributed by atoms with E-state index >= 15 is 0 Å². The van der Waals surface area contributed by atoms with Crippen LogP contribution in [0.5, 0.6) is 5.75 Å². The van der Waals surface area contributed by atoms with E-state index in [0.29, 0.717) is 30.2 Å². The summed E-state index contributed by atoms with van der Waals surface area (Å²) in [4.78, 5) is 23.4. The van der Waals surface area contributed by atoms with Gasteiger partial charge in [0.15, 0.2) is 0 Å². The number of carbonyl (C=O) groups excluding carboxylic acids is 2. The number of hydrogen-bond donors (Lipinski definition) is 3. The molecule has 0 unspecified atom stereocenters. The molecule has 2 amide bonds. The summed E-state index contributed by atoms with van der Waals surface area (Å²) in [5.41, 5.74) is 6.46. The van der Waals surface area contributed by atoms with Gasteiger partial charge < -0.3 is 25.8 Å². The van der Waals surface area contributed by atoms with Crippen LogP contribution in [0.15, 0.2) is 18.2 Å². The third kappa shape index (κ3) is 5.70. The summed E-state index contributed by atoms with van der Waals surface area (Å²) in [6.45, 7) is 1.15. The first-order chi connectivity index (χ1) is 10.1. The predicted molar refractivity (Wildman–Crippen MR) is 79.2 cm³/mol. The minimum absolute atomic E-state index is 0.143. The summed E-state index contributed by atoms with van der Waals surface area (Å²) in [6, 6.07) is 4.82. The lowest BCUT2D eigenvalue weighted by Gasteiger charge is -2.09. The van der Waals surface area contributed by atoms with E-state index < -0.39 is 0 Å². The standard InChI is InChI=1S/C14H21N3O4/c1-20-8-7-16-13(18)5-6-17-14(19)11-4-3-10(21-2)9-12(11)15/h3-4,9H,5-8,15H2,1-2H3,(H,16,18)(H,17,19). The van der Waals surface area contributed by atoms with Gasteiger partial charge in [0, 0.05) is 38.4 Å². The van der Waals surface area contributed by atoms with Crippen LogP contribution in [0.1, 0.15) is 16.8 Å². The quantitative estimate of drug-likeness (QED) is 0.468. The Balaban J connectivity index is 2.38. The Morgan fingerprint density at radius 3 is 2.57 bits per heavy atom. The molecule has 4 N–H and O–H groups in total. The molecule has 7 nitrogen and oxygen atoms in total. The number of rotatable bonds is 8. The summed E-state index contributed by atoms with van der Waals surface area (Å²) in [6.07, 6.45) is 0.200. The number of nitrogen functional groups attached to an aromatic ring is 1. The zero-order valence-corrected chi connectivity index (χ0v) is 12.3. The van der Waals surface area contributed by atoms with Gasteiger partial charge in [-0.3, -0.25) is 9.59 Å². The maximum Gasteiger partial charge on any atom is 0.253 e. The molecule has 0 atom stereocenters. The van der Waals surface area contributed by atoms with Crippen molar-refractivity contribution in [1.82, 2.24) is 10.6 Å². The van der Waals surface area contributed by atoms with Crippen molar-refractivity contribution < 1.29 is 19.1 Å². The van der Waals surface area contributed by atoms with E-state index in [0.717, 1.165) is 0 Å². The fraction of sp³-hybridized carbons (Fsp3) is 0.429. The second-order valence-electron chi connectivity index (χ2n) is 4.30. The van der Waals surface area contributed by atoms with Crippen LogP contribution in [0, 0.1) is 0 Å². The van der Waals surface area contributed by atoms with E-state index in [1.54, 1.807) is 25.3 Å². The van der Waals surface area contributed by atoms with Crippen molar-refractivity contribution in [2.75, 3.05) is 39.6 Å². The Morgan fingerprint density at radius 2 is 1.95 bits per heavy atom.